The van der Waals surface area contributed by atoms with Gasteiger partial charge < -0.3 is 10.4 Å². The number of amides is 1. The molecular weight excluding hydrogens is 414 g/mol. The SMILES string of the molecule is O=C(O)/C(=C/c1cc(SCc2ccccc2Cl)cs1)NC(=O)c1ccccc1. The van der Waals surface area contributed by atoms with Gasteiger partial charge in [-0.15, -0.1) is 23.1 Å². The molecule has 0 unspecified atom stereocenters. The fraction of sp³-hybridized carbons (Fsp3) is 0.0476. The third-order valence-electron chi connectivity index (χ3n) is 3.75. The first-order valence-corrected chi connectivity index (χ1v) is 10.5. The van der Waals surface area contributed by atoms with Crippen molar-refractivity contribution in [2.75, 3.05) is 0 Å². The highest BCUT2D eigenvalue weighted by atomic mass is 35.5. The molecule has 0 aliphatic rings. The monoisotopic (exact) mass is 429 g/mol. The van der Waals surface area contributed by atoms with Crippen LogP contribution in [0.25, 0.3) is 6.08 Å². The molecule has 0 saturated carbocycles. The molecule has 7 heteroatoms. The van der Waals surface area contributed by atoms with Gasteiger partial charge in [0.1, 0.15) is 5.70 Å². The van der Waals surface area contributed by atoms with Gasteiger partial charge in [0.05, 0.1) is 0 Å². The van der Waals surface area contributed by atoms with Crippen LogP contribution in [0.3, 0.4) is 0 Å². The summed E-state index contributed by atoms with van der Waals surface area (Å²) in [6.07, 6.45) is 1.47. The number of nitrogens with one attached hydrogen (secondary N) is 1. The largest absolute Gasteiger partial charge is 0.477 e. The van der Waals surface area contributed by atoms with Gasteiger partial charge >= 0.3 is 5.97 Å². The van der Waals surface area contributed by atoms with E-state index in [4.69, 9.17) is 11.6 Å². The van der Waals surface area contributed by atoms with Gasteiger partial charge in [0.2, 0.25) is 0 Å². The average molecular weight is 430 g/mol. The Bertz CT molecular complexity index is 1020. The van der Waals surface area contributed by atoms with Crippen LogP contribution in [0, 0.1) is 0 Å². The zero-order chi connectivity index (χ0) is 19.9. The van der Waals surface area contributed by atoms with E-state index in [0.717, 1.165) is 26.1 Å². The summed E-state index contributed by atoms with van der Waals surface area (Å²) in [4.78, 5) is 25.5. The predicted octanol–water partition coefficient (Wildman–Crippen LogP) is 5.55. The number of carbonyl (C=O) groups is 2. The van der Waals surface area contributed by atoms with Crippen molar-refractivity contribution >= 4 is 52.7 Å². The predicted molar refractivity (Wildman–Crippen MR) is 115 cm³/mol. The number of thiophene rings is 1. The van der Waals surface area contributed by atoms with Gasteiger partial charge in [-0.05, 0) is 35.9 Å². The summed E-state index contributed by atoms with van der Waals surface area (Å²) in [5, 5.41) is 14.6. The number of rotatable bonds is 7. The number of halogens is 1. The zero-order valence-electron chi connectivity index (χ0n) is 14.6. The van der Waals surface area contributed by atoms with Gasteiger partial charge in [0.15, 0.2) is 0 Å². The number of thioether (sulfide) groups is 1. The molecule has 0 spiro atoms. The first-order valence-electron chi connectivity index (χ1n) is 8.29. The van der Waals surface area contributed by atoms with Crippen molar-refractivity contribution in [2.45, 2.75) is 10.6 Å². The van der Waals surface area contributed by atoms with Gasteiger partial charge in [-0.2, -0.15) is 0 Å². The third-order valence-corrected chi connectivity index (χ3v) is 6.17. The van der Waals surface area contributed by atoms with E-state index in [0.29, 0.717) is 5.56 Å². The number of hydrogen-bond donors (Lipinski definition) is 2. The molecular formula is C21H16ClNO3S2. The van der Waals surface area contributed by atoms with Gasteiger partial charge in [0.25, 0.3) is 5.91 Å². The Hall–Kier alpha value is -2.54. The fourth-order valence-electron chi connectivity index (χ4n) is 2.34. The van der Waals surface area contributed by atoms with Crippen molar-refractivity contribution in [1.29, 1.82) is 0 Å². The van der Waals surface area contributed by atoms with E-state index in [2.05, 4.69) is 5.32 Å². The van der Waals surface area contributed by atoms with E-state index < -0.39 is 11.9 Å². The summed E-state index contributed by atoms with van der Waals surface area (Å²) in [6.45, 7) is 0. The van der Waals surface area contributed by atoms with Crippen molar-refractivity contribution in [3.63, 3.8) is 0 Å². The summed E-state index contributed by atoms with van der Waals surface area (Å²) in [5.74, 6) is -0.933. The van der Waals surface area contributed by atoms with Gasteiger partial charge in [-0.3, -0.25) is 4.79 Å². The molecule has 2 aromatic carbocycles. The molecule has 1 heterocycles. The summed E-state index contributed by atoms with van der Waals surface area (Å²) in [6, 6.07) is 18.0. The third kappa shape index (κ3) is 5.48. The molecule has 0 aliphatic heterocycles. The number of aliphatic carboxylic acids is 1. The first kappa shape index (κ1) is 20.2. The topological polar surface area (TPSA) is 66.4 Å². The van der Waals surface area contributed by atoms with Crippen LogP contribution in [-0.2, 0) is 10.5 Å². The minimum Gasteiger partial charge on any atom is -0.477 e. The van der Waals surface area contributed by atoms with E-state index in [1.807, 2.05) is 35.7 Å². The number of carboxylic acid groups (broad SMARTS) is 1. The highest BCUT2D eigenvalue weighted by molar-refractivity contribution is 7.98. The van der Waals surface area contributed by atoms with Gasteiger partial charge in [0, 0.05) is 31.5 Å². The minimum absolute atomic E-state index is 0.168. The lowest BCUT2D eigenvalue weighted by molar-refractivity contribution is -0.132. The number of benzene rings is 2. The van der Waals surface area contributed by atoms with Crippen molar-refractivity contribution < 1.29 is 14.7 Å². The van der Waals surface area contributed by atoms with Crippen LogP contribution in [0.15, 0.2) is 76.6 Å². The summed E-state index contributed by atoms with van der Waals surface area (Å²) >= 11 is 9.20. The van der Waals surface area contributed by atoms with Crippen LogP contribution >= 0.6 is 34.7 Å². The summed E-state index contributed by atoms with van der Waals surface area (Å²) in [5.41, 5.74) is 1.27. The Morgan fingerprint density at radius 2 is 1.82 bits per heavy atom. The maximum atomic E-state index is 12.2. The van der Waals surface area contributed by atoms with Gasteiger partial charge in [-0.1, -0.05) is 48.0 Å². The summed E-state index contributed by atoms with van der Waals surface area (Å²) < 4.78 is 0. The molecule has 0 radical (unpaired) electrons. The molecule has 142 valence electrons. The molecule has 1 aromatic heterocycles. The second-order valence-electron chi connectivity index (χ2n) is 5.75. The zero-order valence-corrected chi connectivity index (χ0v) is 17.0. The molecule has 0 bridgehead atoms. The molecule has 0 saturated heterocycles. The van der Waals surface area contributed by atoms with Crippen molar-refractivity contribution in [1.82, 2.24) is 5.32 Å². The second-order valence-corrected chi connectivity index (χ2v) is 8.15. The highest BCUT2D eigenvalue weighted by Gasteiger charge is 2.14. The lowest BCUT2D eigenvalue weighted by Gasteiger charge is -2.05. The fourth-order valence-corrected chi connectivity index (χ4v) is 4.60. The van der Waals surface area contributed by atoms with Gasteiger partial charge in [-0.25, -0.2) is 4.79 Å². The lowest BCUT2D eigenvalue weighted by Crippen LogP contribution is -2.27. The molecule has 1 amide bonds. The standard InChI is InChI=1S/C21H16ClNO3S2/c22-18-9-5-4-8-15(18)12-27-17-10-16(28-13-17)11-19(21(25)26)23-20(24)14-6-2-1-3-7-14/h1-11,13H,12H2,(H,23,24)(H,25,26)/b19-11-. The van der Waals surface area contributed by atoms with Crippen LogP contribution in [0.5, 0.6) is 0 Å². The molecule has 2 N–H and O–H groups in total. The Morgan fingerprint density at radius 3 is 2.54 bits per heavy atom. The molecule has 0 aliphatic carbocycles. The molecule has 3 rings (SSSR count). The van der Waals surface area contributed by atoms with E-state index >= 15 is 0 Å². The van der Waals surface area contributed by atoms with Crippen molar-refractivity contribution in [3.05, 3.63) is 92.8 Å². The number of carboxylic acids is 1. The van der Waals surface area contributed by atoms with Crippen LogP contribution in [0.2, 0.25) is 5.02 Å². The molecule has 3 aromatic rings. The second kappa shape index (κ2) is 9.59. The van der Waals surface area contributed by atoms with Crippen LogP contribution in [-0.4, -0.2) is 17.0 Å². The molecule has 4 nitrogen and oxygen atoms in total. The smallest absolute Gasteiger partial charge is 0.352 e. The normalized spacial score (nSPS) is 11.2. The maximum Gasteiger partial charge on any atom is 0.352 e. The quantitative estimate of drug-likeness (QED) is 0.381. The Labute approximate surface area is 175 Å². The van der Waals surface area contributed by atoms with Crippen LogP contribution in [0.4, 0.5) is 0 Å². The average Bonchev–Trinajstić information content (AvgIpc) is 3.15. The maximum absolute atomic E-state index is 12.2. The Morgan fingerprint density at radius 1 is 1.11 bits per heavy atom. The molecule has 0 atom stereocenters. The molecule has 0 fully saturated rings. The highest BCUT2D eigenvalue weighted by Crippen LogP contribution is 2.30. The number of hydrogen-bond acceptors (Lipinski definition) is 4. The lowest BCUT2D eigenvalue weighted by atomic mass is 10.2. The van der Waals surface area contributed by atoms with E-state index in [9.17, 15) is 14.7 Å². The Kier molecular flexibility index (Phi) is 6.92. The number of carbonyl (C=O) groups excluding carboxylic acids is 1. The minimum atomic E-state index is -1.19. The van der Waals surface area contributed by atoms with Crippen molar-refractivity contribution in [3.8, 4) is 0 Å². The van der Waals surface area contributed by atoms with Crippen LogP contribution < -0.4 is 5.32 Å². The van der Waals surface area contributed by atoms with E-state index in [1.54, 1.807) is 42.1 Å². The van der Waals surface area contributed by atoms with E-state index in [-0.39, 0.29) is 5.70 Å². The van der Waals surface area contributed by atoms with Crippen LogP contribution in [0.1, 0.15) is 20.8 Å². The van der Waals surface area contributed by atoms with E-state index in [1.165, 1.54) is 17.4 Å². The molecule has 28 heavy (non-hydrogen) atoms. The van der Waals surface area contributed by atoms with Crippen molar-refractivity contribution in [2.24, 2.45) is 0 Å². The first-order chi connectivity index (χ1) is 13.5. The Balaban J connectivity index is 1.69. The summed E-state index contributed by atoms with van der Waals surface area (Å²) in [7, 11) is 0.